The zero-order valence-electron chi connectivity index (χ0n) is 14.5. The van der Waals surface area contributed by atoms with Gasteiger partial charge in [0.1, 0.15) is 0 Å². The second-order valence-corrected chi connectivity index (χ2v) is 9.90. The van der Waals surface area contributed by atoms with E-state index in [2.05, 4.69) is 33.8 Å². The van der Waals surface area contributed by atoms with Crippen LogP contribution in [0.2, 0.25) is 0 Å². The van der Waals surface area contributed by atoms with Crippen LogP contribution in [-0.2, 0) is 0 Å². The van der Waals surface area contributed by atoms with Crippen LogP contribution in [-0.4, -0.2) is 0 Å². The van der Waals surface area contributed by atoms with Crippen LogP contribution < -0.4 is 0 Å². The first-order valence-electron chi connectivity index (χ1n) is 8.27. The molecule has 0 radical (unpaired) electrons. The van der Waals surface area contributed by atoms with E-state index in [1.54, 1.807) is 47.0 Å². The van der Waals surface area contributed by atoms with Crippen LogP contribution in [0, 0.1) is 22.7 Å². The molecule has 0 aliphatic carbocycles. The standard InChI is InChI=1S/C22H12N2S4/c23-13-15-1-5-17(6-2-15)19(21-25-9-10-26-21)20(22-27-11-12-28-22)18-7-3-16(14-24)4-8-18/h1-12H. The molecule has 0 bridgehead atoms. The van der Waals surface area contributed by atoms with Crippen molar-refractivity contribution >= 4 is 58.2 Å². The fraction of sp³-hybridized carbons (Fsp3) is 0. The van der Waals surface area contributed by atoms with Crippen LogP contribution in [0.4, 0.5) is 0 Å². The molecule has 134 valence electrons. The SMILES string of the molecule is N#Cc1ccc(C(=C2SC=CS2)C(=C2SC=CS2)c2ccc(C#N)cc2)cc1. The van der Waals surface area contributed by atoms with Crippen molar-refractivity contribution in [3.8, 4) is 12.1 Å². The van der Waals surface area contributed by atoms with Crippen molar-refractivity contribution in [2.24, 2.45) is 0 Å². The van der Waals surface area contributed by atoms with Crippen molar-refractivity contribution in [1.82, 2.24) is 0 Å². The summed E-state index contributed by atoms with van der Waals surface area (Å²) in [5.41, 5.74) is 5.78. The van der Waals surface area contributed by atoms with Crippen molar-refractivity contribution in [2.45, 2.75) is 0 Å². The van der Waals surface area contributed by atoms with Gasteiger partial charge in [0.2, 0.25) is 0 Å². The molecule has 2 nitrogen and oxygen atoms in total. The third kappa shape index (κ3) is 3.97. The number of benzene rings is 2. The molecular formula is C22H12N2S4. The van der Waals surface area contributed by atoms with Crippen LogP contribution >= 0.6 is 47.0 Å². The summed E-state index contributed by atoms with van der Waals surface area (Å²) in [6.45, 7) is 0. The normalized spacial score (nSPS) is 14.8. The molecule has 28 heavy (non-hydrogen) atoms. The maximum absolute atomic E-state index is 9.16. The summed E-state index contributed by atoms with van der Waals surface area (Å²) in [5.74, 6) is 0. The predicted molar refractivity (Wildman–Crippen MR) is 125 cm³/mol. The van der Waals surface area contributed by atoms with Gasteiger partial charge < -0.3 is 0 Å². The Labute approximate surface area is 181 Å². The number of nitrogens with zero attached hydrogens (tertiary/aromatic N) is 2. The Bertz CT molecular complexity index is 998. The van der Waals surface area contributed by atoms with Gasteiger partial charge >= 0.3 is 0 Å². The van der Waals surface area contributed by atoms with E-state index in [1.165, 1.54) is 8.47 Å². The minimum atomic E-state index is 0.650. The van der Waals surface area contributed by atoms with Gasteiger partial charge in [0, 0.05) is 11.1 Å². The van der Waals surface area contributed by atoms with Gasteiger partial charge in [0.05, 0.1) is 31.7 Å². The number of rotatable bonds is 3. The van der Waals surface area contributed by atoms with E-state index in [1.807, 2.05) is 48.5 Å². The van der Waals surface area contributed by atoms with E-state index >= 15 is 0 Å². The molecule has 0 saturated heterocycles. The molecule has 2 aromatic rings. The molecule has 2 heterocycles. The first-order chi connectivity index (χ1) is 13.8. The fourth-order valence-electron chi connectivity index (χ4n) is 2.80. The van der Waals surface area contributed by atoms with Crippen LogP contribution in [0.25, 0.3) is 11.1 Å². The third-order valence-corrected chi connectivity index (χ3v) is 8.34. The van der Waals surface area contributed by atoms with Gasteiger partial charge in [-0.25, -0.2) is 0 Å². The monoisotopic (exact) mass is 432 g/mol. The zero-order chi connectivity index (χ0) is 19.3. The van der Waals surface area contributed by atoms with E-state index in [0.717, 1.165) is 22.3 Å². The Hall–Kier alpha value is -2.22. The molecule has 2 aromatic carbocycles. The zero-order valence-corrected chi connectivity index (χ0v) is 17.7. The largest absolute Gasteiger partial charge is 0.192 e. The maximum Gasteiger partial charge on any atom is 0.0991 e. The average Bonchev–Trinajstić information content (AvgIpc) is 3.46. The van der Waals surface area contributed by atoms with Gasteiger partial charge in [-0.2, -0.15) is 10.5 Å². The van der Waals surface area contributed by atoms with E-state index in [4.69, 9.17) is 10.5 Å². The Balaban J connectivity index is 1.92. The molecule has 0 saturated carbocycles. The Kier molecular flexibility index (Phi) is 6.04. The van der Waals surface area contributed by atoms with E-state index in [0.29, 0.717) is 11.1 Å². The summed E-state index contributed by atoms with van der Waals surface area (Å²) in [4.78, 5) is 0. The van der Waals surface area contributed by atoms with Crippen LogP contribution in [0.1, 0.15) is 22.3 Å². The number of hydrogen-bond acceptors (Lipinski definition) is 6. The van der Waals surface area contributed by atoms with Crippen molar-refractivity contribution in [1.29, 1.82) is 10.5 Å². The summed E-state index contributed by atoms with van der Waals surface area (Å²) in [7, 11) is 0. The highest BCUT2D eigenvalue weighted by Gasteiger charge is 2.23. The second-order valence-electron chi connectivity index (χ2n) is 5.72. The summed E-state index contributed by atoms with van der Waals surface area (Å²) in [6.07, 6.45) is 0. The molecule has 0 atom stereocenters. The van der Waals surface area contributed by atoms with Gasteiger partial charge in [-0.15, -0.1) is 0 Å². The Morgan fingerprint density at radius 2 is 0.857 bits per heavy atom. The third-order valence-electron chi connectivity index (χ3n) is 4.08. The maximum atomic E-state index is 9.16. The van der Waals surface area contributed by atoms with Crippen molar-refractivity contribution in [3.05, 3.63) is 101 Å². The van der Waals surface area contributed by atoms with Gasteiger partial charge in [0.25, 0.3) is 0 Å². The highest BCUT2D eigenvalue weighted by molar-refractivity contribution is 8.28. The van der Waals surface area contributed by atoms with Gasteiger partial charge in [-0.3, -0.25) is 0 Å². The van der Waals surface area contributed by atoms with Crippen LogP contribution in [0.5, 0.6) is 0 Å². The Morgan fingerprint density at radius 1 is 0.536 bits per heavy atom. The van der Waals surface area contributed by atoms with Crippen molar-refractivity contribution < 1.29 is 0 Å². The summed E-state index contributed by atoms with van der Waals surface area (Å²) < 4.78 is 2.43. The lowest BCUT2D eigenvalue weighted by molar-refractivity contribution is 1.47. The first kappa shape index (κ1) is 19.1. The molecule has 0 unspecified atom stereocenters. The second kappa shape index (κ2) is 8.86. The molecule has 0 spiro atoms. The number of thioether (sulfide) groups is 4. The first-order valence-corrected chi connectivity index (χ1v) is 11.8. The molecule has 0 N–H and O–H groups in total. The minimum Gasteiger partial charge on any atom is -0.192 e. The summed E-state index contributed by atoms with van der Waals surface area (Å²) in [5, 5.41) is 26.7. The van der Waals surface area contributed by atoms with E-state index in [9.17, 15) is 0 Å². The van der Waals surface area contributed by atoms with E-state index in [-0.39, 0.29) is 0 Å². The van der Waals surface area contributed by atoms with Gasteiger partial charge in [0.15, 0.2) is 0 Å². The fourth-order valence-corrected chi connectivity index (χ4v) is 6.65. The van der Waals surface area contributed by atoms with Gasteiger partial charge in [-0.05, 0) is 57.0 Å². The highest BCUT2D eigenvalue weighted by Crippen LogP contribution is 2.52. The van der Waals surface area contributed by atoms with Gasteiger partial charge in [-0.1, -0.05) is 71.3 Å². The van der Waals surface area contributed by atoms with Crippen LogP contribution in [0.15, 0.2) is 78.6 Å². The lowest BCUT2D eigenvalue weighted by atomic mass is 9.93. The molecule has 0 aromatic heterocycles. The molecule has 6 heteroatoms. The molecule has 2 aliphatic rings. The minimum absolute atomic E-state index is 0.650. The van der Waals surface area contributed by atoms with E-state index < -0.39 is 0 Å². The van der Waals surface area contributed by atoms with Crippen LogP contribution in [0.3, 0.4) is 0 Å². The quantitative estimate of drug-likeness (QED) is 0.504. The Morgan fingerprint density at radius 3 is 1.14 bits per heavy atom. The lowest BCUT2D eigenvalue weighted by Gasteiger charge is -2.18. The molecule has 2 aliphatic heterocycles. The average molecular weight is 433 g/mol. The van der Waals surface area contributed by atoms with Crippen molar-refractivity contribution in [2.75, 3.05) is 0 Å². The highest BCUT2D eigenvalue weighted by atomic mass is 32.2. The predicted octanol–water partition coefficient (Wildman–Crippen LogP) is 7.37. The summed E-state index contributed by atoms with van der Waals surface area (Å²) >= 11 is 6.87. The van der Waals surface area contributed by atoms with Crippen molar-refractivity contribution in [3.63, 3.8) is 0 Å². The molecular weight excluding hydrogens is 421 g/mol. The smallest absolute Gasteiger partial charge is 0.0991 e. The topological polar surface area (TPSA) is 47.6 Å². The summed E-state index contributed by atoms with van der Waals surface area (Å²) in [6, 6.07) is 19.9. The molecule has 4 rings (SSSR count). The number of hydrogen-bond donors (Lipinski definition) is 0. The lowest BCUT2D eigenvalue weighted by Crippen LogP contribution is -1.95. The number of allylic oxidation sites excluding steroid dienone is 2. The molecule has 0 fully saturated rings. The number of nitriles is 2. The molecule has 0 amide bonds.